The minimum absolute atomic E-state index is 0.00868. The van der Waals surface area contributed by atoms with E-state index in [1.54, 1.807) is 0 Å². The van der Waals surface area contributed by atoms with Gasteiger partial charge < -0.3 is 14.9 Å². The van der Waals surface area contributed by atoms with Crippen LogP contribution in [0.15, 0.2) is 59.4 Å². The van der Waals surface area contributed by atoms with Gasteiger partial charge >= 0.3 is 5.69 Å². The number of fused-ring (bicyclic) bond motifs is 2. The fraction of sp³-hybridized carbons (Fsp3) is 0.273. The Morgan fingerprint density at radius 1 is 1.10 bits per heavy atom. The van der Waals surface area contributed by atoms with E-state index in [0.29, 0.717) is 13.0 Å². The van der Waals surface area contributed by atoms with Gasteiger partial charge in [-0.2, -0.15) is 0 Å². The van der Waals surface area contributed by atoms with Crippen molar-refractivity contribution in [3.05, 3.63) is 82.3 Å². The molecule has 2 aromatic carbocycles. The number of aromatic amines is 1. The molecule has 0 unspecified atom stereocenters. The van der Waals surface area contributed by atoms with Gasteiger partial charge in [0.05, 0.1) is 11.0 Å². The first-order valence-electron chi connectivity index (χ1n) is 10.1. The highest BCUT2D eigenvalue weighted by atomic mass is 16.2. The zero-order valence-corrected chi connectivity index (χ0v) is 16.4. The summed E-state index contributed by atoms with van der Waals surface area (Å²) in [6.45, 7) is 0.629. The van der Waals surface area contributed by atoms with E-state index < -0.39 is 0 Å². The molecule has 1 atom stereocenters. The molecule has 2 aromatic heterocycles. The van der Waals surface area contributed by atoms with Gasteiger partial charge in [0.25, 0.3) is 0 Å². The Bertz CT molecular complexity index is 1250. The van der Waals surface area contributed by atoms with E-state index in [-0.39, 0.29) is 24.2 Å². The molecule has 0 spiro atoms. The topological polar surface area (TPSA) is 97.6 Å². The Balaban J connectivity index is 1.28. The van der Waals surface area contributed by atoms with Crippen molar-refractivity contribution >= 4 is 16.9 Å². The van der Waals surface area contributed by atoms with Crippen molar-refractivity contribution in [1.29, 1.82) is 0 Å². The van der Waals surface area contributed by atoms with Crippen molar-refractivity contribution in [1.82, 2.24) is 29.6 Å². The summed E-state index contributed by atoms with van der Waals surface area (Å²) in [6.07, 6.45) is 2.27. The number of aryl methyl sites for hydroxylation is 1. The van der Waals surface area contributed by atoms with Crippen LogP contribution in [0.5, 0.6) is 0 Å². The lowest BCUT2D eigenvalue weighted by Crippen LogP contribution is -2.43. The Morgan fingerprint density at radius 2 is 1.90 bits per heavy atom. The molecule has 8 heteroatoms. The van der Waals surface area contributed by atoms with E-state index in [4.69, 9.17) is 0 Å². The van der Waals surface area contributed by atoms with Gasteiger partial charge in [0.1, 0.15) is 18.2 Å². The van der Waals surface area contributed by atoms with Crippen molar-refractivity contribution in [3.8, 4) is 0 Å². The highest BCUT2D eigenvalue weighted by Crippen LogP contribution is 2.17. The van der Waals surface area contributed by atoms with Gasteiger partial charge in [-0.05, 0) is 24.1 Å². The molecule has 1 aliphatic heterocycles. The second kappa shape index (κ2) is 7.62. The molecule has 1 aliphatic rings. The summed E-state index contributed by atoms with van der Waals surface area (Å²) in [4.78, 5) is 27.7. The van der Waals surface area contributed by atoms with Crippen LogP contribution < -0.4 is 11.0 Å². The number of para-hydroxylation sites is 2. The maximum absolute atomic E-state index is 12.7. The molecular weight excluding hydrogens is 380 g/mol. The van der Waals surface area contributed by atoms with Gasteiger partial charge in [0.2, 0.25) is 5.91 Å². The van der Waals surface area contributed by atoms with Gasteiger partial charge in [-0.15, -0.1) is 10.2 Å². The van der Waals surface area contributed by atoms with Crippen LogP contribution in [0.25, 0.3) is 11.0 Å². The summed E-state index contributed by atoms with van der Waals surface area (Å²) >= 11 is 0. The van der Waals surface area contributed by atoms with Gasteiger partial charge in [-0.25, -0.2) is 4.79 Å². The number of carbonyl (C=O) groups is 1. The zero-order valence-electron chi connectivity index (χ0n) is 16.4. The smallest absolute Gasteiger partial charge is 0.326 e. The van der Waals surface area contributed by atoms with E-state index in [2.05, 4.69) is 37.2 Å². The number of amides is 1. The molecule has 0 fully saturated rings. The molecule has 30 heavy (non-hydrogen) atoms. The second-order valence-corrected chi connectivity index (χ2v) is 7.64. The van der Waals surface area contributed by atoms with Crippen molar-refractivity contribution in [2.75, 3.05) is 0 Å². The minimum atomic E-state index is -0.277. The number of aromatic nitrogens is 5. The van der Waals surface area contributed by atoms with Crippen molar-refractivity contribution in [2.45, 2.75) is 38.4 Å². The largest absolute Gasteiger partial charge is 0.350 e. The number of nitrogens with one attached hydrogen (secondary N) is 2. The highest BCUT2D eigenvalue weighted by molar-refractivity contribution is 5.80. The number of imidazole rings is 1. The fourth-order valence-electron chi connectivity index (χ4n) is 4.09. The molecule has 0 aliphatic carbocycles. The lowest BCUT2D eigenvalue weighted by Gasteiger charge is -2.25. The van der Waals surface area contributed by atoms with Gasteiger partial charge in [-0.1, -0.05) is 42.5 Å². The Hall–Kier alpha value is -3.68. The quantitative estimate of drug-likeness (QED) is 0.530. The van der Waals surface area contributed by atoms with Crippen molar-refractivity contribution in [3.63, 3.8) is 0 Å². The third-order valence-electron chi connectivity index (χ3n) is 5.58. The molecule has 3 heterocycles. The first-order valence-corrected chi connectivity index (χ1v) is 10.1. The molecule has 0 saturated carbocycles. The summed E-state index contributed by atoms with van der Waals surface area (Å²) in [5.74, 6) is 1.69. The molecule has 152 valence electrons. The molecular formula is C22H22N6O2. The summed E-state index contributed by atoms with van der Waals surface area (Å²) in [5, 5.41) is 11.8. The van der Waals surface area contributed by atoms with E-state index in [0.717, 1.165) is 35.5 Å². The van der Waals surface area contributed by atoms with E-state index in [1.165, 1.54) is 10.1 Å². The molecule has 1 amide bonds. The third kappa shape index (κ3) is 3.52. The molecule has 0 bridgehead atoms. The van der Waals surface area contributed by atoms with Crippen LogP contribution in [0.4, 0.5) is 0 Å². The first kappa shape index (κ1) is 18.4. The van der Waals surface area contributed by atoms with E-state index in [9.17, 15) is 9.59 Å². The van der Waals surface area contributed by atoms with Crippen LogP contribution >= 0.6 is 0 Å². The minimum Gasteiger partial charge on any atom is -0.350 e. The molecule has 0 radical (unpaired) electrons. The molecule has 2 N–H and O–H groups in total. The van der Waals surface area contributed by atoms with E-state index in [1.807, 2.05) is 42.5 Å². The monoisotopic (exact) mass is 402 g/mol. The molecule has 5 rings (SSSR count). The average Bonchev–Trinajstić information content (AvgIpc) is 3.29. The fourth-order valence-corrected chi connectivity index (χ4v) is 4.09. The van der Waals surface area contributed by atoms with Crippen LogP contribution in [-0.4, -0.2) is 36.3 Å². The standard InChI is InChI=1S/C22H22N6O2/c29-21(14-27-18-9-5-4-8-17(18)24-22(27)30)23-16-10-11-19-25-26-20(28(19)13-16)12-15-6-2-1-3-7-15/h1-9,16H,10-14H2,(H,23,29)(H,24,30)/t16-/m0/s1. The highest BCUT2D eigenvalue weighted by Gasteiger charge is 2.24. The number of H-pyrrole nitrogens is 1. The van der Waals surface area contributed by atoms with Crippen molar-refractivity contribution in [2.24, 2.45) is 0 Å². The van der Waals surface area contributed by atoms with Crippen LogP contribution in [0, 0.1) is 0 Å². The maximum Gasteiger partial charge on any atom is 0.326 e. The summed E-state index contributed by atoms with van der Waals surface area (Å²) in [7, 11) is 0. The lowest BCUT2D eigenvalue weighted by molar-refractivity contribution is -0.122. The van der Waals surface area contributed by atoms with Crippen LogP contribution in [-0.2, 0) is 30.7 Å². The molecule has 0 saturated heterocycles. The SMILES string of the molecule is O=C(Cn1c(=O)[nH]c2ccccc21)N[C@H]1CCc2nnc(Cc3ccccc3)n2C1. The molecule has 4 aromatic rings. The zero-order chi connectivity index (χ0) is 20.5. The van der Waals surface area contributed by atoms with Gasteiger partial charge in [-0.3, -0.25) is 9.36 Å². The number of carbonyl (C=O) groups excluding carboxylic acids is 1. The van der Waals surface area contributed by atoms with Crippen molar-refractivity contribution < 1.29 is 4.79 Å². The predicted molar refractivity (Wildman–Crippen MR) is 112 cm³/mol. The number of hydrogen-bond acceptors (Lipinski definition) is 4. The number of hydrogen-bond donors (Lipinski definition) is 2. The normalized spacial score (nSPS) is 15.8. The van der Waals surface area contributed by atoms with Crippen LogP contribution in [0.3, 0.4) is 0 Å². The molecule has 8 nitrogen and oxygen atoms in total. The number of benzene rings is 2. The Kier molecular flexibility index (Phi) is 4.66. The second-order valence-electron chi connectivity index (χ2n) is 7.64. The third-order valence-corrected chi connectivity index (χ3v) is 5.58. The number of rotatable bonds is 5. The summed E-state index contributed by atoms with van der Waals surface area (Å²) in [6, 6.07) is 17.5. The average molecular weight is 402 g/mol. The Labute approximate surface area is 172 Å². The van der Waals surface area contributed by atoms with Gasteiger partial charge in [0, 0.05) is 25.4 Å². The predicted octanol–water partition coefficient (Wildman–Crippen LogP) is 1.64. The Morgan fingerprint density at radius 3 is 2.77 bits per heavy atom. The summed E-state index contributed by atoms with van der Waals surface area (Å²) < 4.78 is 3.58. The van der Waals surface area contributed by atoms with Crippen LogP contribution in [0.2, 0.25) is 0 Å². The van der Waals surface area contributed by atoms with E-state index >= 15 is 0 Å². The maximum atomic E-state index is 12.7. The van der Waals surface area contributed by atoms with Gasteiger partial charge in [0.15, 0.2) is 0 Å². The van der Waals surface area contributed by atoms with Crippen LogP contribution in [0.1, 0.15) is 23.6 Å². The lowest BCUT2D eigenvalue weighted by atomic mass is 10.1. The number of nitrogens with zero attached hydrogens (tertiary/aromatic N) is 4. The summed E-state index contributed by atoms with van der Waals surface area (Å²) in [5.41, 5.74) is 2.36. The first-order chi connectivity index (χ1) is 14.7.